The molecular formula is C22H28F3N5O4. The molecule has 5 N–H and O–H groups in total. The molecule has 4 amide bonds. The van der Waals surface area contributed by atoms with E-state index in [1.54, 1.807) is 0 Å². The maximum absolute atomic E-state index is 14.3. The van der Waals surface area contributed by atoms with Crippen LogP contribution in [0.25, 0.3) is 0 Å². The molecule has 2 fully saturated rings. The standard InChI is InChI=1S/C22H28F3N5O4/c23-14-10-16(25)15(24)8-12(14)7-13(9-19(31)29-5-1-3-17(29)21(27)33)28-22(34)18-4-2-6-30(18)20(32)11-26/h8,10,13,17-18H,1-7,9,11,26H2,(H2,27,33)(H,28,34)/t13-,17?,18?/m1/s1. The number of amides is 4. The number of nitrogens with two attached hydrogens (primary N) is 2. The van der Waals surface area contributed by atoms with E-state index >= 15 is 0 Å². The van der Waals surface area contributed by atoms with Crippen LogP contribution in [0.1, 0.15) is 37.7 Å². The van der Waals surface area contributed by atoms with Crippen molar-refractivity contribution in [1.82, 2.24) is 15.1 Å². The molecule has 3 rings (SSSR count). The molecule has 1 aromatic rings. The number of halogens is 3. The summed E-state index contributed by atoms with van der Waals surface area (Å²) in [6.07, 6.45) is 1.31. The second kappa shape index (κ2) is 10.9. The van der Waals surface area contributed by atoms with Crippen molar-refractivity contribution < 1.29 is 32.3 Å². The van der Waals surface area contributed by atoms with Crippen LogP contribution in [0.2, 0.25) is 0 Å². The molecule has 0 aromatic heterocycles. The summed E-state index contributed by atoms with van der Waals surface area (Å²) in [4.78, 5) is 52.3. The van der Waals surface area contributed by atoms with Crippen molar-refractivity contribution in [3.8, 4) is 0 Å². The lowest BCUT2D eigenvalue weighted by Gasteiger charge is -2.28. The third-order valence-electron chi connectivity index (χ3n) is 6.28. The summed E-state index contributed by atoms with van der Waals surface area (Å²) in [5.74, 6) is -5.76. The average molecular weight is 483 g/mol. The van der Waals surface area contributed by atoms with E-state index in [0.29, 0.717) is 50.9 Å². The van der Waals surface area contributed by atoms with Gasteiger partial charge in [-0.05, 0) is 43.7 Å². The molecule has 0 saturated carbocycles. The van der Waals surface area contributed by atoms with E-state index in [9.17, 15) is 32.3 Å². The Kier molecular flexibility index (Phi) is 8.13. The van der Waals surface area contributed by atoms with E-state index in [1.165, 1.54) is 9.80 Å². The zero-order chi connectivity index (χ0) is 25.0. The summed E-state index contributed by atoms with van der Waals surface area (Å²) in [5.41, 5.74) is 10.6. The second-order valence-electron chi connectivity index (χ2n) is 8.57. The van der Waals surface area contributed by atoms with Crippen LogP contribution in [-0.4, -0.2) is 71.2 Å². The summed E-state index contributed by atoms with van der Waals surface area (Å²) in [6, 6.07) is -1.53. The molecule has 1 aromatic carbocycles. The van der Waals surface area contributed by atoms with Crippen LogP contribution in [-0.2, 0) is 25.6 Å². The average Bonchev–Trinajstić information content (AvgIpc) is 3.46. The first-order chi connectivity index (χ1) is 16.1. The Morgan fingerprint density at radius 2 is 1.53 bits per heavy atom. The fourth-order valence-electron chi connectivity index (χ4n) is 4.60. The number of carbonyl (C=O) groups is 4. The van der Waals surface area contributed by atoms with Gasteiger partial charge in [-0.2, -0.15) is 0 Å². The Balaban J connectivity index is 1.81. The Morgan fingerprint density at radius 3 is 2.15 bits per heavy atom. The van der Waals surface area contributed by atoms with Crippen LogP contribution < -0.4 is 16.8 Å². The van der Waals surface area contributed by atoms with Gasteiger partial charge in [0.05, 0.1) is 6.54 Å². The van der Waals surface area contributed by atoms with E-state index in [0.717, 1.165) is 0 Å². The summed E-state index contributed by atoms with van der Waals surface area (Å²) < 4.78 is 41.4. The van der Waals surface area contributed by atoms with Crippen molar-refractivity contribution in [1.29, 1.82) is 0 Å². The van der Waals surface area contributed by atoms with Crippen molar-refractivity contribution in [2.45, 2.75) is 56.7 Å². The van der Waals surface area contributed by atoms with Gasteiger partial charge in [0.25, 0.3) is 0 Å². The minimum atomic E-state index is -1.36. The summed E-state index contributed by atoms with van der Waals surface area (Å²) in [6.45, 7) is 0.382. The SMILES string of the molecule is NCC(=O)N1CCCC1C(=O)N[C@@H](CC(=O)N1CCCC1C(N)=O)Cc1cc(F)c(F)cc1F. The van der Waals surface area contributed by atoms with E-state index in [4.69, 9.17) is 11.5 Å². The van der Waals surface area contributed by atoms with E-state index in [-0.39, 0.29) is 24.9 Å². The third-order valence-corrected chi connectivity index (χ3v) is 6.28. The van der Waals surface area contributed by atoms with E-state index in [1.807, 2.05) is 0 Å². The quantitative estimate of drug-likeness (QED) is 0.445. The van der Waals surface area contributed by atoms with Crippen molar-refractivity contribution in [2.24, 2.45) is 11.5 Å². The Bertz CT molecular complexity index is 976. The highest BCUT2D eigenvalue weighted by atomic mass is 19.2. The van der Waals surface area contributed by atoms with Crippen LogP contribution in [0.4, 0.5) is 13.2 Å². The molecule has 0 radical (unpaired) electrons. The molecule has 3 atom stereocenters. The number of benzene rings is 1. The zero-order valence-corrected chi connectivity index (χ0v) is 18.6. The lowest BCUT2D eigenvalue weighted by Crippen LogP contribution is -2.52. The van der Waals surface area contributed by atoms with Gasteiger partial charge < -0.3 is 26.6 Å². The van der Waals surface area contributed by atoms with Crippen LogP contribution in [0.15, 0.2) is 12.1 Å². The van der Waals surface area contributed by atoms with Crippen LogP contribution >= 0.6 is 0 Å². The van der Waals surface area contributed by atoms with Crippen molar-refractivity contribution in [3.63, 3.8) is 0 Å². The lowest BCUT2D eigenvalue weighted by molar-refractivity contribution is -0.139. The molecule has 2 aliphatic heterocycles. The Morgan fingerprint density at radius 1 is 0.941 bits per heavy atom. The number of nitrogens with zero attached hydrogens (tertiary/aromatic N) is 2. The number of nitrogens with one attached hydrogen (secondary N) is 1. The first kappa shape index (κ1) is 25.5. The molecule has 2 unspecified atom stereocenters. The largest absolute Gasteiger partial charge is 0.368 e. The smallest absolute Gasteiger partial charge is 0.243 e. The molecule has 34 heavy (non-hydrogen) atoms. The number of carbonyl (C=O) groups excluding carboxylic acids is 4. The highest BCUT2D eigenvalue weighted by Crippen LogP contribution is 2.22. The first-order valence-electron chi connectivity index (χ1n) is 11.1. The monoisotopic (exact) mass is 483 g/mol. The van der Waals surface area contributed by atoms with Gasteiger partial charge in [0.15, 0.2) is 11.6 Å². The fraction of sp³-hybridized carbons (Fsp3) is 0.545. The minimum absolute atomic E-state index is 0.230. The van der Waals surface area contributed by atoms with E-state index in [2.05, 4.69) is 5.32 Å². The maximum Gasteiger partial charge on any atom is 0.243 e. The fourth-order valence-corrected chi connectivity index (χ4v) is 4.60. The second-order valence-corrected chi connectivity index (χ2v) is 8.57. The molecular weight excluding hydrogens is 455 g/mol. The van der Waals surface area contributed by atoms with Gasteiger partial charge in [0, 0.05) is 31.6 Å². The predicted molar refractivity (Wildman–Crippen MR) is 114 cm³/mol. The summed E-state index contributed by atoms with van der Waals surface area (Å²) in [7, 11) is 0. The van der Waals surface area contributed by atoms with Crippen molar-refractivity contribution in [2.75, 3.05) is 19.6 Å². The van der Waals surface area contributed by atoms with Crippen molar-refractivity contribution >= 4 is 23.6 Å². The number of rotatable bonds is 8. The van der Waals surface area contributed by atoms with Crippen LogP contribution in [0.5, 0.6) is 0 Å². The number of hydrogen-bond acceptors (Lipinski definition) is 5. The molecule has 2 heterocycles. The molecule has 0 bridgehead atoms. The molecule has 2 aliphatic rings. The topological polar surface area (TPSA) is 139 Å². The Hall–Kier alpha value is -3.15. The molecule has 0 spiro atoms. The van der Waals surface area contributed by atoms with Gasteiger partial charge in [-0.1, -0.05) is 0 Å². The van der Waals surface area contributed by atoms with Gasteiger partial charge in [-0.25, -0.2) is 13.2 Å². The summed E-state index contributed by atoms with van der Waals surface area (Å²) in [5, 5.41) is 2.66. The molecule has 0 aliphatic carbocycles. The predicted octanol–water partition coefficient (Wildman–Crippen LogP) is -0.0527. The maximum atomic E-state index is 14.3. The van der Waals surface area contributed by atoms with Crippen molar-refractivity contribution in [3.05, 3.63) is 35.1 Å². The number of likely N-dealkylation sites (tertiary alicyclic amines) is 2. The number of hydrogen-bond donors (Lipinski definition) is 3. The van der Waals surface area contributed by atoms with E-state index < -0.39 is 59.2 Å². The normalized spacial score (nSPS) is 20.9. The molecule has 186 valence electrons. The molecule has 9 nitrogen and oxygen atoms in total. The van der Waals surface area contributed by atoms with Gasteiger partial charge in [0.2, 0.25) is 23.6 Å². The minimum Gasteiger partial charge on any atom is -0.368 e. The highest BCUT2D eigenvalue weighted by Gasteiger charge is 2.37. The van der Waals surface area contributed by atoms with Gasteiger partial charge in [0.1, 0.15) is 17.9 Å². The van der Waals surface area contributed by atoms with Gasteiger partial charge in [-0.3, -0.25) is 19.2 Å². The summed E-state index contributed by atoms with van der Waals surface area (Å²) >= 11 is 0. The molecule has 2 saturated heterocycles. The third kappa shape index (κ3) is 5.66. The first-order valence-corrected chi connectivity index (χ1v) is 11.1. The van der Waals surface area contributed by atoms with Gasteiger partial charge >= 0.3 is 0 Å². The zero-order valence-electron chi connectivity index (χ0n) is 18.6. The van der Waals surface area contributed by atoms with Gasteiger partial charge in [-0.15, -0.1) is 0 Å². The number of primary amides is 1. The Labute approximate surface area is 194 Å². The molecule has 12 heteroatoms. The lowest BCUT2D eigenvalue weighted by atomic mass is 10.0. The van der Waals surface area contributed by atoms with Crippen LogP contribution in [0.3, 0.4) is 0 Å². The van der Waals surface area contributed by atoms with Crippen LogP contribution in [0, 0.1) is 17.5 Å². The highest BCUT2D eigenvalue weighted by molar-refractivity contribution is 5.90.